The SMILES string of the molecule is CCCCCCCCCCCOC(=O)CCC(=O)OCCCCC. The molecule has 0 spiro atoms. The Labute approximate surface area is 148 Å². The van der Waals surface area contributed by atoms with E-state index in [4.69, 9.17) is 9.47 Å². The first kappa shape index (κ1) is 22.9. The molecule has 0 bridgehead atoms. The lowest BCUT2D eigenvalue weighted by Crippen LogP contribution is -2.11. The van der Waals surface area contributed by atoms with Gasteiger partial charge in [0, 0.05) is 0 Å². The van der Waals surface area contributed by atoms with E-state index in [1.165, 1.54) is 44.9 Å². The Morgan fingerprint density at radius 3 is 1.33 bits per heavy atom. The van der Waals surface area contributed by atoms with Crippen LogP contribution in [0.4, 0.5) is 0 Å². The zero-order valence-electron chi connectivity index (χ0n) is 15.9. The first-order valence-corrected chi connectivity index (χ1v) is 10.0. The van der Waals surface area contributed by atoms with E-state index in [2.05, 4.69) is 13.8 Å². The van der Waals surface area contributed by atoms with Crippen LogP contribution in [-0.2, 0) is 19.1 Å². The maximum Gasteiger partial charge on any atom is 0.306 e. The predicted molar refractivity (Wildman–Crippen MR) is 97.9 cm³/mol. The summed E-state index contributed by atoms with van der Waals surface area (Å²) < 4.78 is 10.2. The molecule has 0 unspecified atom stereocenters. The van der Waals surface area contributed by atoms with Gasteiger partial charge in [0.1, 0.15) is 0 Å². The van der Waals surface area contributed by atoms with Crippen LogP contribution in [0.25, 0.3) is 0 Å². The highest BCUT2D eigenvalue weighted by atomic mass is 16.5. The van der Waals surface area contributed by atoms with Gasteiger partial charge in [-0.25, -0.2) is 0 Å². The van der Waals surface area contributed by atoms with Crippen molar-refractivity contribution in [3.8, 4) is 0 Å². The summed E-state index contributed by atoms with van der Waals surface area (Å²) in [5.74, 6) is -0.591. The average molecular weight is 343 g/mol. The summed E-state index contributed by atoms with van der Waals surface area (Å²) in [6.45, 7) is 5.27. The number of ether oxygens (including phenoxy) is 2. The highest BCUT2D eigenvalue weighted by Crippen LogP contribution is 2.09. The standard InChI is InChI=1S/C20H38O4/c1-3-5-7-8-9-10-11-12-14-18-24-20(22)16-15-19(21)23-17-13-6-4-2/h3-18H2,1-2H3. The molecule has 4 heteroatoms. The predicted octanol–water partition coefficient (Wildman–Crippen LogP) is 5.57. The van der Waals surface area contributed by atoms with E-state index >= 15 is 0 Å². The van der Waals surface area contributed by atoms with Crippen molar-refractivity contribution in [3.63, 3.8) is 0 Å². The summed E-state index contributed by atoms with van der Waals surface area (Å²) in [5.41, 5.74) is 0. The number of unbranched alkanes of at least 4 members (excludes halogenated alkanes) is 10. The van der Waals surface area contributed by atoms with Gasteiger partial charge in [-0.05, 0) is 12.8 Å². The molecule has 0 N–H and O–H groups in total. The van der Waals surface area contributed by atoms with E-state index in [-0.39, 0.29) is 24.8 Å². The van der Waals surface area contributed by atoms with Gasteiger partial charge in [0.2, 0.25) is 0 Å². The first-order chi connectivity index (χ1) is 11.7. The second-order valence-electron chi connectivity index (χ2n) is 6.48. The maximum atomic E-state index is 11.5. The molecule has 0 saturated heterocycles. The molecule has 0 aliphatic heterocycles. The normalized spacial score (nSPS) is 10.6. The van der Waals surface area contributed by atoms with Crippen LogP contribution in [0.2, 0.25) is 0 Å². The van der Waals surface area contributed by atoms with Crippen LogP contribution in [-0.4, -0.2) is 25.2 Å². The molecule has 0 saturated carbocycles. The molecule has 0 aromatic rings. The van der Waals surface area contributed by atoms with Crippen molar-refractivity contribution in [3.05, 3.63) is 0 Å². The van der Waals surface area contributed by atoms with Gasteiger partial charge in [0.05, 0.1) is 26.1 Å². The lowest BCUT2D eigenvalue weighted by Gasteiger charge is -2.06. The zero-order chi connectivity index (χ0) is 17.9. The summed E-state index contributed by atoms with van der Waals surface area (Å²) in [5, 5.41) is 0. The fourth-order valence-corrected chi connectivity index (χ4v) is 2.49. The minimum Gasteiger partial charge on any atom is -0.466 e. The van der Waals surface area contributed by atoms with Gasteiger partial charge in [-0.1, -0.05) is 78.1 Å². The highest BCUT2D eigenvalue weighted by Gasteiger charge is 2.08. The minimum absolute atomic E-state index is 0.128. The summed E-state index contributed by atoms with van der Waals surface area (Å²) >= 11 is 0. The van der Waals surface area contributed by atoms with Crippen molar-refractivity contribution in [2.75, 3.05) is 13.2 Å². The number of carbonyl (C=O) groups is 2. The van der Waals surface area contributed by atoms with Crippen molar-refractivity contribution in [2.24, 2.45) is 0 Å². The Hall–Kier alpha value is -1.06. The van der Waals surface area contributed by atoms with Gasteiger partial charge < -0.3 is 9.47 Å². The van der Waals surface area contributed by atoms with E-state index in [9.17, 15) is 9.59 Å². The second-order valence-corrected chi connectivity index (χ2v) is 6.48. The molecule has 0 rings (SSSR count). The van der Waals surface area contributed by atoms with Gasteiger partial charge in [-0.15, -0.1) is 0 Å². The first-order valence-electron chi connectivity index (χ1n) is 10.0. The molecule has 24 heavy (non-hydrogen) atoms. The number of rotatable bonds is 17. The van der Waals surface area contributed by atoms with E-state index < -0.39 is 0 Å². The Balaban J connectivity index is 3.30. The Morgan fingerprint density at radius 2 is 0.875 bits per heavy atom. The number of hydrogen-bond acceptors (Lipinski definition) is 4. The molecule has 142 valence electrons. The molecular weight excluding hydrogens is 304 g/mol. The molecular formula is C20H38O4. The third kappa shape index (κ3) is 17.3. The molecule has 0 heterocycles. The smallest absolute Gasteiger partial charge is 0.306 e. The van der Waals surface area contributed by atoms with Crippen LogP contribution >= 0.6 is 0 Å². The van der Waals surface area contributed by atoms with E-state index in [0.29, 0.717) is 13.2 Å². The third-order valence-electron chi connectivity index (χ3n) is 4.06. The molecule has 0 aliphatic rings. The summed E-state index contributed by atoms with van der Waals surface area (Å²) in [4.78, 5) is 23.0. The molecule has 0 atom stereocenters. The average Bonchev–Trinajstić information content (AvgIpc) is 2.58. The molecule has 0 aromatic carbocycles. The van der Waals surface area contributed by atoms with Gasteiger partial charge in [-0.3, -0.25) is 9.59 Å². The number of esters is 2. The van der Waals surface area contributed by atoms with Gasteiger partial charge >= 0.3 is 11.9 Å². The zero-order valence-corrected chi connectivity index (χ0v) is 15.9. The highest BCUT2D eigenvalue weighted by molar-refractivity contribution is 5.77. The van der Waals surface area contributed by atoms with Gasteiger partial charge in [0.25, 0.3) is 0 Å². The topological polar surface area (TPSA) is 52.6 Å². The summed E-state index contributed by atoms with van der Waals surface area (Å²) in [7, 11) is 0. The molecule has 0 aliphatic carbocycles. The van der Waals surface area contributed by atoms with Crippen molar-refractivity contribution >= 4 is 11.9 Å². The molecule has 0 radical (unpaired) electrons. The molecule has 4 nitrogen and oxygen atoms in total. The molecule has 0 amide bonds. The van der Waals surface area contributed by atoms with Crippen molar-refractivity contribution in [1.29, 1.82) is 0 Å². The summed E-state index contributed by atoms with van der Waals surface area (Å²) in [6, 6.07) is 0. The second kappa shape index (κ2) is 18.3. The summed E-state index contributed by atoms with van der Waals surface area (Å²) in [6.07, 6.45) is 14.5. The van der Waals surface area contributed by atoms with Crippen molar-refractivity contribution in [2.45, 2.75) is 104 Å². The molecule has 0 fully saturated rings. The van der Waals surface area contributed by atoms with Crippen molar-refractivity contribution < 1.29 is 19.1 Å². The van der Waals surface area contributed by atoms with Crippen LogP contribution in [0.15, 0.2) is 0 Å². The third-order valence-corrected chi connectivity index (χ3v) is 4.06. The van der Waals surface area contributed by atoms with Crippen LogP contribution in [0, 0.1) is 0 Å². The van der Waals surface area contributed by atoms with E-state index in [0.717, 1.165) is 32.1 Å². The van der Waals surface area contributed by atoms with E-state index in [1.807, 2.05) is 0 Å². The molecule has 0 aromatic heterocycles. The van der Waals surface area contributed by atoms with Crippen LogP contribution < -0.4 is 0 Å². The Bertz CT molecular complexity index is 302. The Kier molecular flexibility index (Phi) is 17.5. The van der Waals surface area contributed by atoms with Crippen molar-refractivity contribution in [1.82, 2.24) is 0 Å². The van der Waals surface area contributed by atoms with Crippen LogP contribution in [0.3, 0.4) is 0 Å². The number of carbonyl (C=O) groups excluding carboxylic acids is 2. The lowest BCUT2D eigenvalue weighted by atomic mass is 10.1. The van der Waals surface area contributed by atoms with Gasteiger partial charge in [0.15, 0.2) is 0 Å². The Morgan fingerprint density at radius 1 is 0.542 bits per heavy atom. The fourth-order valence-electron chi connectivity index (χ4n) is 2.49. The maximum absolute atomic E-state index is 11.5. The van der Waals surface area contributed by atoms with E-state index in [1.54, 1.807) is 0 Å². The van der Waals surface area contributed by atoms with Crippen LogP contribution in [0.1, 0.15) is 104 Å². The quantitative estimate of drug-likeness (QED) is 0.256. The lowest BCUT2D eigenvalue weighted by molar-refractivity contribution is -0.150. The van der Waals surface area contributed by atoms with Gasteiger partial charge in [-0.2, -0.15) is 0 Å². The monoisotopic (exact) mass is 342 g/mol. The largest absolute Gasteiger partial charge is 0.466 e. The number of hydrogen-bond donors (Lipinski definition) is 0. The minimum atomic E-state index is -0.300. The fraction of sp³-hybridized carbons (Fsp3) is 0.900. The van der Waals surface area contributed by atoms with Crippen LogP contribution in [0.5, 0.6) is 0 Å².